The Balaban J connectivity index is 1.59. The molecule has 2 aromatic rings. The largest absolute Gasteiger partial charge is 0.368 e. The van der Waals surface area contributed by atoms with Crippen molar-refractivity contribution >= 4 is 16.6 Å². The molecule has 0 radical (unpaired) electrons. The minimum absolute atomic E-state index is 0.0229. The summed E-state index contributed by atoms with van der Waals surface area (Å²) in [5.41, 5.74) is 7.62. The lowest BCUT2D eigenvalue weighted by molar-refractivity contribution is -0.00414. The Morgan fingerprint density at radius 1 is 1.34 bits per heavy atom. The minimum atomic E-state index is -0.976. The van der Waals surface area contributed by atoms with E-state index in [1.165, 1.54) is 6.42 Å². The van der Waals surface area contributed by atoms with E-state index in [-0.39, 0.29) is 22.6 Å². The van der Waals surface area contributed by atoms with Gasteiger partial charge in [-0.25, -0.2) is 4.39 Å². The Bertz CT molecular complexity index is 1010. The average molecular weight is 403 g/mol. The highest BCUT2D eigenvalue weighted by molar-refractivity contribution is 5.91. The van der Waals surface area contributed by atoms with E-state index < -0.39 is 6.17 Å². The van der Waals surface area contributed by atoms with Crippen molar-refractivity contribution in [1.82, 2.24) is 4.57 Å². The molecule has 5 nitrogen and oxygen atoms in total. The maximum atomic E-state index is 13.9. The number of nitrogens with two attached hydrogens (primary N) is 1. The van der Waals surface area contributed by atoms with Gasteiger partial charge >= 0.3 is 0 Å². The fraction of sp³-hybridized carbons (Fsp3) is 0.591. The van der Waals surface area contributed by atoms with Crippen molar-refractivity contribution in [2.45, 2.75) is 51.2 Å². The first-order valence-corrected chi connectivity index (χ1v) is 10.6. The molecule has 1 aliphatic heterocycles. The lowest BCUT2D eigenvalue weighted by atomic mass is 9.61. The van der Waals surface area contributed by atoms with Gasteiger partial charge in [-0.1, -0.05) is 6.42 Å². The molecule has 29 heavy (non-hydrogen) atoms. The van der Waals surface area contributed by atoms with Crippen LogP contribution in [0.25, 0.3) is 10.9 Å². The number of hydrogen-bond donors (Lipinski definition) is 1. The van der Waals surface area contributed by atoms with E-state index in [4.69, 9.17) is 5.73 Å². The Kier molecular flexibility index (Phi) is 4.35. The Morgan fingerprint density at radius 2 is 2.10 bits per heavy atom. The molecule has 2 aliphatic carbocycles. The fourth-order valence-electron chi connectivity index (χ4n) is 5.46. The molecule has 3 atom stereocenters. The average Bonchev–Trinajstić information content (AvgIpc) is 3.21. The van der Waals surface area contributed by atoms with Gasteiger partial charge in [0, 0.05) is 35.8 Å². The van der Waals surface area contributed by atoms with Gasteiger partial charge in [0.05, 0.1) is 17.1 Å². The molecule has 3 unspecified atom stereocenters. The van der Waals surface area contributed by atoms with Gasteiger partial charge in [0.2, 0.25) is 5.75 Å². The second kappa shape index (κ2) is 6.69. The summed E-state index contributed by atoms with van der Waals surface area (Å²) in [5, 5.41) is 0.369. The zero-order valence-electron chi connectivity index (χ0n) is 16.7. The van der Waals surface area contributed by atoms with Crippen LogP contribution < -0.4 is 21.0 Å². The van der Waals surface area contributed by atoms with Crippen LogP contribution in [0.3, 0.4) is 0 Å². The minimum Gasteiger partial charge on any atom is -0.368 e. The summed E-state index contributed by atoms with van der Waals surface area (Å²) in [5.74, 6) is 0.498. The monoisotopic (exact) mass is 403 g/mol. The number of anilines is 1. The summed E-state index contributed by atoms with van der Waals surface area (Å²) in [4.78, 5) is 19.1. The van der Waals surface area contributed by atoms with E-state index in [2.05, 4.69) is 9.84 Å². The molecule has 0 spiro atoms. The lowest BCUT2D eigenvalue weighted by Gasteiger charge is -2.46. The molecule has 2 N–H and O–H groups in total. The van der Waals surface area contributed by atoms with E-state index in [0.29, 0.717) is 41.0 Å². The van der Waals surface area contributed by atoms with Crippen LogP contribution in [0.2, 0.25) is 0 Å². The van der Waals surface area contributed by atoms with Gasteiger partial charge < -0.3 is 15.2 Å². The third-order valence-corrected chi connectivity index (χ3v) is 7.57. The van der Waals surface area contributed by atoms with Crippen molar-refractivity contribution in [1.29, 1.82) is 0 Å². The molecule has 7 heteroatoms. The quantitative estimate of drug-likeness (QED) is 0.825. The zero-order chi connectivity index (χ0) is 20.3. The molecule has 1 aromatic heterocycles. The van der Waals surface area contributed by atoms with Crippen LogP contribution in [0.1, 0.15) is 43.7 Å². The van der Waals surface area contributed by atoms with Crippen LogP contribution in [0.5, 0.6) is 5.75 Å². The van der Waals surface area contributed by atoms with Crippen LogP contribution in [0.4, 0.5) is 14.6 Å². The van der Waals surface area contributed by atoms with E-state index >= 15 is 0 Å². The number of pyridine rings is 1. The maximum absolute atomic E-state index is 13.9. The number of aromatic nitrogens is 1. The molecule has 2 saturated carbocycles. The molecule has 2 heterocycles. The summed E-state index contributed by atoms with van der Waals surface area (Å²) in [6, 6.07) is 3.12. The van der Waals surface area contributed by atoms with Crippen LogP contribution >= 0.6 is 0 Å². The first kappa shape index (κ1) is 18.9. The highest BCUT2D eigenvalue weighted by Gasteiger charge is 2.46. The van der Waals surface area contributed by atoms with Gasteiger partial charge in [-0.2, -0.15) is 0 Å². The van der Waals surface area contributed by atoms with Crippen LogP contribution in [-0.4, -0.2) is 30.4 Å². The van der Waals surface area contributed by atoms with Crippen molar-refractivity contribution in [2.75, 3.05) is 24.5 Å². The molecular weight excluding hydrogens is 376 g/mol. The Morgan fingerprint density at radius 3 is 2.69 bits per heavy atom. The second-order valence-corrected chi connectivity index (χ2v) is 9.11. The molecule has 0 amide bonds. The number of aryl methyl sites for hydroxylation is 1. The SMILES string of the molecule is Cc1cn(C2CC2F)c2c(OF)c(N3CCC(C4(CN)CCC4)C3)ccc2c1=O. The summed E-state index contributed by atoms with van der Waals surface area (Å²) in [7, 11) is 0. The number of rotatable bonds is 5. The fourth-order valence-corrected chi connectivity index (χ4v) is 5.46. The van der Waals surface area contributed by atoms with E-state index in [9.17, 15) is 13.7 Å². The first-order valence-electron chi connectivity index (χ1n) is 10.6. The summed E-state index contributed by atoms with van der Waals surface area (Å²) in [6.45, 7) is 3.98. The molecule has 3 fully saturated rings. The molecule has 1 aromatic carbocycles. The van der Waals surface area contributed by atoms with Gasteiger partial charge in [-0.15, -0.1) is 0 Å². The predicted molar refractivity (Wildman–Crippen MR) is 109 cm³/mol. The van der Waals surface area contributed by atoms with Crippen LogP contribution in [-0.2, 0) is 0 Å². The second-order valence-electron chi connectivity index (χ2n) is 9.11. The van der Waals surface area contributed by atoms with Gasteiger partial charge in [-0.3, -0.25) is 9.74 Å². The molecule has 1 saturated heterocycles. The Hall–Kier alpha value is -2.15. The number of halogens is 2. The van der Waals surface area contributed by atoms with E-state index in [0.717, 1.165) is 32.4 Å². The highest BCUT2D eigenvalue weighted by atomic mass is 19.3. The normalized spacial score (nSPS) is 27.9. The Labute approximate surface area is 168 Å². The predicted octanol–water partition coefficient (Wildman–Crippen LogP) is 3.81. The van der Waals surface area contributed by atoms with Gasteiger partial charge in [0.25, 0.3) is 0 Å². The van der Waals surface area contributed by atoms with Crippen molar-refractivity contribution < 1.29 is 13.9 Å². The molecular formula is C22H27F2N3O2. The van der Waals surface area contributed by atoms with Crippen molar-refractivity contribution in [2.24, 2.45) is 17.1 Å². The van der Waals surface area contributed by atoms with Crippen molar-refractivity contribution in [3.05, 3.63) is 34.1 Å². The number of hydrogen-bond acceptors (Lipinski definition) is 4. The highest BCUT2D eigenvalue weighted by Crippen LogP contribution is 2.51. The third kappa shape index (κ3) is 2.77. The summed E-state index contributed by atoms with van der Waals surface area (Å²) >= 11 is 0. The first-order chi connectivity index (χ1) is 14.0. The lowest BCUT2D eigenvalue weighted by Crippen LogP contribution is -2.44. The number of nitrogens with zero attached hydrogens (tertiary/aromatic N) is 2. The van der Waals surface area contributed by atoms with Crippen molar-refractivity contribution in [3.8, 4) is 5.75 Å². The standard InChI is InChI=1S/C22H27F2N3O2/c1-13-10-27(18-9-16(18)23)19-15(20(13)28)3-4-17(21(19)29-24)26-8-5-14(11-26)22(12-25)6-2-7-22/h3-4,10,14,16,18H,2,5-9,11-12,25H2,1H3. The summed E-state index contributed by atoms with van der Waals surface area (Å²) in [6.07, 6.45) is 5.58. The molecule has 5 rings (SSSR count). The third-order valence-electron chi connectivity index (χ3n) is 7.57. The van der Waals surface area contributed by atoms with Crippen molar-refractivity contribution in [3.63, 3.8) is 0 Å². The molecule has 3 aliphatic rings. The molecule has 0 bridgehead atoms. The van der Waals surface area contributed by atoms with E-state index in [1.54, 1.807) is 29.8 Å². The van der Waals surface area contributed by atoms with Crippen LogP contribution in [0.15, 0.2) is 23.1 Å². The number of fused-ring (bicyclic) bond motifs is 1. The summed E-state index contributed by atoms with van der Waals surface area (Å²) < 4.78 is 29.4. The van der Waals surface area contributed by atoms with Crippen LogP contribution in [0, 0.1) is 18.3 Å². The number of benzene rings is 1. The smallest absolute Gasteiger partial charge is 0.219 e. The zero-order valence-corrected chi connectivity index (χ0v) is 16.7. The topological polar surface area (TPSA) is 60.5 Å². The number of alkyl halides is 1. The molecule has 156 valence electrons. The van der Waals surface area contributed by atoms with Gasteiger partial charge in [0.1, 0.15) is 11.7 Å². The maximum Gasteiger partial charge on any atom is 0.219 e. The van der Waals surface area contributed by atoms with Gasteiger partial charge in [-0.05, 0) is 56.2 Å². The van der Waals surface area contributed by atoms with Gasteiger partial charge in [0.15, 0.2) is 5.43 Å². The van der Waals surface area contributed by atoms with E-state index in [1.807, 2.05) is 0 Å².